The Balaban J connectivity index is 2.17. The van der Waals surface area contributed by atoms with E-state index in [4.69, 9.17) is 0 Å². The van der Waals surface area contributed by atoms with Crippen LogP contribution < -0.4 is 4.90 Å². The van der Waals surface area contributed by atoms with E-state index in [1.807, 2.05) is 65.8 Å². The van der Waals surface area contributed by atoms with Crippen LogP contribution in [-0.4, -0.2) is 28.6 Å². The topological polar surface area (TPSA) is 77.8 Å². The van der Waals surface area contributed by atoms with Gasteiger partial charge in [0.2, 0.25) is 0 Å². The number of phenolic OH excluding ortho intramolecular Hbond substituents is 1. The molecule has 0 radical (unpaired) electrons. The van der Waals surface area contributed by atoms with Gasteiger partial charge in [0, 0.05) is 16.0 Å². The van der Waals surface area contributed by atoms with Crippen LogP contribution in [0.25, 0.3) is 6.08 Å². The number of anilines is 1. The van der Waals surface area contributed by atoms with Crippen LogP contribution in [0, 0.1) is 0 Å². The first kappa shape index (κ1) is 22.9. The number of para-hydroxylation sites is 1. The van der Waals surface area contributed by atoms with E-state index in [9.17, 15) is 19.8 Å². The van der Waals surface area contributed by atoms with Gasteiger partial charge in [-0.2, -0.15) is 0 Å². The number of phenols is 1. The van der Waals surface area contributed by atoms with Crippen LogP contribution in [-0.2, 0) is 20.4 Å². The summed E-state index contributed by atoms with van der Waals surface area (Å²) in [5, 5.41) is 20.3. The van der Waals surface area contributed by atoms with Gasteiger partial charge in [-0.3, -0.25) is 14.5 Å². The molecule has 2 aromatic rings. The molecule has 0 aromatic heterocycles. The molecular weight excluding hydrogens is 410 g/mol. The van der Waals surface area contributed by atoms with Crippen molar-refractivity contribution in [2.75, 3.05) is 11.4 Å². The lowest BCUT2D eigenvalue weighted by Crippen LogP contribution is -2.38. The Morgan fingerprint density at radius 3 is 2.10 bits per heavy atom. The third kappa shape index (κ3) is 4.79. The summed E-state index contributed by atoms with van der Waals surface area (Å²) in [5.74, 6) is -1.12. The predicted octanol–water partition coefficient (Wildman–Crippen LogP) is 5.55. The summed E-state index contributed by atoms with van der Waals surface area (Å²) in [6.45, 7) is 11.8. The third-order valence-corrected chi connectivity index (χ3v) is 6.25. The number of aliphatic carboxylic acids is 1. The number of hydrogen-bond acceptors (Lipinski definition) is 4. The second-order valence-corrected chi connectivity index (χ2v) is 10.9. The summed E-state index contributed by atoms with van der Waals surface area (Å²) >= 11 is 1.34. The average molecular weight is 440 g/mol. The van der Waals surface area contributed by atoms with Gasteiger partial charge in [0.15, 0.2) is 0 Å². The van der Waals surface area contributed by atoms with Gasteiger partial charge in [-0.25, -0.2) is 0 Å². The number of thioether (sulfide) groups is 1. The van der Waals surface area contributed by atoms with Crippen LogP contribution in [0.15, 0.2) is 46.2 Å². The fraction of sp³-hybridized carbons (Fsp3) is 0.360. The molecule has 0 unspecified atom stereocenters. The number of carbonyl (C=O) groups excluding carboxylic acids is 1. The quantitative estimate of drug-likeness (QED) is 0.613. The van der Waals surface area contributed by atoms with Gasteiger partial charge in [0.25, 0.3) is 5.91 Å². The lowest BCUT2D eigenvalue weighted by atomic mass is 9.78. The van der Waals surface area contributed by atoms with Crippen molar-refractivity contribution in [2.24, 2.45) is 0 Å². The molecule has 164 valence electrons. The van der Waals surface area contributed by atoms with Crippen LogP contribution >= 0.6 is 11.8 Å². The zero-order valence-corrected chi connectivity index (χ0v) is 19.6. The average Bonchev–Trinajstić information content (AvgIpc) is 2.64. The van der Waals surface area contributed by atoms with Crippen molar-refractivity contribution in [3.05, 3.63) is 58.0 Å². The van der Waals surface area contributed by atoms with Crippen LogP contribution in [0.3, 0.4) is 0 Å². The standard InChI is InChI=1S/C25H29NO4S/c1-24(2,3)16-11-15(12-17(22(16)29)25(4,5)6)13-20-23(30)26(14-21(27)28)18-9-7-8-10-19(18)31-20/h7-13,29H,14H2,1-6H3,(H,27,28)/b20-13-. The Kier molecular flexibility index (Phi) is 5.98. The SMILES string of the molecule is CC(C)(C)c1cc(/C=C2\Sc3ccccc3N(CC(=O)O)C2=O)cc(C(C)(C)C)c1O. The molecule has 0 fully saturated rings. The van der Waals surface area contributed by atoms with E-state index in [1.165, 1.54) is 16.7 Å². The monoisotopic (exact) mass is 439 g/mol. The molecule has 0 atom stereocenters. The molecule has 2 aromatic carbocycles. The molecule has 0 saturated carbocycles. The predicted molar refractivity (Wildman–Crippen MR) is 126 cm³/mol. The molecule has 0 saturated heterocycles. The van der Waals surface area contributed by atoms with Crippen molar-refractivity contribution in [3.63, 3.8) is 0 Å². The maximum atomic E-state index is 13.2. The minimum Gasteiger partial charge on any atom is -0.507 e. The van der Waals surface area contributed by atoms with Crippen LogP contribution in [0.1, 0.15) is 58.2 Å². The van der Waals surface area contributed by atoms with Gasteiger partial charge in [0.05, 0.1) is 10.6 Å². The second-order valence-electron chi connectivity index (χ2n) is 9.83. The highest BCUT2D eigenvalue weighted by Gasteiger charge is 2.31. The largest absolute Gasteiger partial charge is 0.507 e. The highest BCUT2D eigenvalue weighted by Crippen LogP contribution is 2.44. The number of aromatic hydroxyl groups is 1. The highest BCUT2D eigenvalue weighted by molar-refractivity contribution is 8.04. The number of benzene rings is 2. The number of carboxylic acid groups (broad SMARTS) is 1. The number of nitrogens with zero attached hydrogens (tertiary/aromatic N) is 1. The van der Waals surface area contributed by atoms with Crippen molar-refractivity contribution < 1.29 is 19.8 Å². The van der Waals surface area contributed by atoms with Gasteiger partial charge in [-0.05, 0) is 46.7 Å². The van der Waals surface area contributed by atoms with E-state index in [-0.39, 0.29) is 22.5 Å². The number of carbonyl (C=O) groups is 2. The maximum Gasteiger partial charge on any atom is 0.323 e. The summed E-state index contributed by atoms with van der Waals surface area (Å²) < 4.78 is 0. The Morgan fingerprint density at radius 1 is 1.03 bits per heavy atom. The number of carboxylic acids is 1. The Bertz CT molecular complexity index is 1040. The number of fused-ring (bicyclic) bond motifs is 1. The molecule has 5 nitrogen and oxygen atoms in total. The van der Waals surface area contributed by atoms with E-state index < -0.39 is 12.5 Å². The van der Waals surface area contributed by atoms with E-state index >= 15 is 0 Å². The second kappa shape index (κ2) is 8.08. The third-order valence-electron chi connectivity index (χ3n) is 5.17. The van der Waals surface area contributed by atoms with E-state index in [1.54, 1.807) is 18.2 Å². The maximum absolute atomic E-state index is 13.2. The number of hydrogen-bond donors (Lipinski definition) is 2. The van der Waals surface area contributed by atoms with Crippen LogP contribution in [0.4, 0.5) is 5.69 Å². The molecule has 3 rings (SSSR count). The highest BCUT2D eigenvalue weighted by atomic mass is 32.2. The zero-order chi connectivity index (χ0) is 23.1. The summed E-state index contributed by atoms with van der Waals surface area (Å²) in [5.41, 5.74) is 2.45. The molecule has 31 heavy (non-hydrogen) atoms. The van der Waals surface area contributed by atoms with Crippen molar-refractivity contribution in [1.82, 2.24) is 0 Å². The summed E-state index contributed by atoms with van der Waals surface area (Å²) in [7, 11) is 0. The van der Waals surface area contributed by atoms with E-state index in [2.05, 4.69) is 0 Å². The van der Waals surface area contributed by atoms with Gasteiger partial charge >= 0.3 is 5.97 Å². The fourth-order valence-electron chi connectivity index (χ4n) is 3.59. The minimum absolute atomic E-state index is 0.280. The van der Waals surface area contributed by atoms with Crippen molar-refractivity contribution in [2.45, 2.75) is 57.3 Å². The zero-order valence-electron chi connectivity index (χ0n) is 18.8. The molecule has 1 aliphatic heterocycles. The molecule has 0 aliphatic carbocycles. The molecule has 0 spiro atoms. The number of rotatable bonds is 3. The lowest BCUT2D eigenvalue weighted by Gasteiger charge is -2.30. The van der Waals surface area contributed by atoms with E-state index in [0.29, 0.717) is 10.6 Å². The molecular formula is C25H29NO4S. The lowest BCUT2D eigenvalue weighted by molar-refractivity contribution is -0.136. The molecule has 6 heteroatoms. The van der Waals surface area contributed by atoms with Gasteiger partial charge in [0.1, 0.15) is 12.3 Å². The number of amides is 1. The first-order chi connectivity index (χ1) is 14.3. The molecule has 1 amide bonds. The smallest absolute Gasteiger partial charge is 0.323 e. The molecule has 2 N–H and O–H groups in total. The van der Waals surface area contributed by atoms with E-state index in [0.717, 1.165) is 21.6 Å². The van der Waals surface area contributed by atoms with Crippen LogP contribution in [0.5, 0.6) is 5.75 Å². The van der Waals surface area contributed by atoms with Gasteiger partial charge < -0.3 is 10.2 Å². The first-order valence-electron chi connectivity index (χ1n) is 10.2. The van der Waals surface area contributed by atoms with Crippen LogP contribution in [0.2, 0.25) is 0 Å². The Morgan fingerprint density at radius 2 is 1.58 bits per heavy atom. The fourth-order valence-corrected chi connectivity index (χ4v) is 4.65. The first-order valence-corrected chi connectivity index (χ1v) is 11.0. The normalized spacial score (nSPS) is 15.9. The molecule has 0 bridgehead atoms. The molecule has 1 heterocycles. The van der Waals surface area contributed by atoms with Crippen molar-refractivity contribution >= 4 is 35.4 Å². The van der Waals surface area contributed by atoms with Crippen molar-refractivity contribution in [3.8, 4) is 5.75 Å². The van der Waals surface area contributed by atoms with Gasteiger partial charge in [-0.1, -0.05) is 65.4 Å². The van der Waals surface area contributed by atoms with Crippen molar-refractivity contribution in [1.29, 1.82) is 0 Å². The Labute approximate surface area is 187 Å². The summed E-state index contributed by atoms with van der Waals surface area (Å²) in [6.07, 6.45) is 1.79. The minimum atomic E-state index is -1.07. The Hall–Kier alpha value is -2.73. The molecule has 1 aliphatic rings. The van der Waals surface area contributed by atoms with Gasteiger partial charge in [-0.15, -0.1) is 0 Å². The summed E-state index contributed by atoms with van der Waals surface area (Å²) in [4.78, 5) is 27.2. The summed E-state index contributed by atoms with van der Waals surface area (Å²) in [6, 6.07) is 11.1.